The molecule has 0 amide bonds. The first kappa shape index (κ1) is 26.9. The van der Waals surface area contributed by atoms with E-state index in [0.717, 1.165) is 77.6 Å². The summed E-state index contributed by atoms with van der Waals surface area (Å²) in [6.07, 6.45) is 0.993. The third-order valence-corrected chi connectivity index (χ3v) is 9.26. The quantitative estimate of drug-likeness (QED) is 0.135. The van der Waals surface area contributed by atoms with Crippen LogP contribution < -0.4 is 9.80 Å². The number of rotatable bonds is 7. The number of para-hydroxylation sites is 4. The fourth-order valence-electron chi connectivity index (χ4n) is 6.38. The molecular weight excluding hydrogens is 569 g/mol. The normalized spacial score (nSPS) is 11.2. The number of nitrogens with zero attached hydrogens (tertiary/aromatic N) is 2. The van der Waals surface area contributed by atoms with Crippen LogP contribution in [-0.2, 0) is 0 Å². The van der Waals surface area contributed by atoms with Crippen LogP contribution in [0.15, 0.2) is 163 Å². The number of hydrogen-bond donors (Lipinski definition) is 0. The SMILES string of the molecule is O=Cc1scc2c3ccc(N(c4ccccc4)c4ccccc4)cc3c3cc(N(c4ccccc4)c4ccccc4)ccc3c12. The summed E-state index contributed by atoms with van der Waals surface area (Å²) in [7, 11) is 0. The van der Waals surface area contributed by atoms with Crippen LogP contribution in [-0.4, -0.2) is 6.29 Å². The van der Waals surface area contributed by atoms with Crippen molar-refractivity contribution in [2.75, 3.05) is 9.80 Å². The summed E-state index contributed by atoms with van der Waals surface area (Å²) >= 11 is 1.51. The lowest BCUT2D eigenvalue weighted by molar-refractivity contribution is 0.112. The summed E-state index contributed by atoms with van der Waals surface area (Å²) < 4.78 is 0. The molecular formula is C41H28N2OS. The van der Waals surface area contributed by atoms with Gasteiger partial charge < -0.3 is 9.80 Å². The molecule has 214 valence electrons. The van der Waals surface area contributed by atoms with Crippen molar-refractivity contribution in [3.8, 4) is 0 Å². The van der Waals surface area contributed by atoms with Crippen LogP contribution in [0.3, 0.4) is 0 Å². The first-order chi connectivity index (χ1) is 22.3. The van der Waals surface area contributed by atoms with E-state index in [4.69, 9.17) is 0 Å². The number of carbonyl (C=O) groups is 1. The highest BCUT2D eigenvalue weighted by molar-refractivity contribution is 7.13. The molecule has 8 rings (SSSR count). The van der Waals surface area contributed by atoms with Crippen molar-refractivity contribution in [3.05, 3.63) is 168 Å². The van der Waals surface area contributed by atoms with Gasteiger partial charge in [0.15, 0.2) is 6.29 Å². The van der Waals surface area contributed by atoms with E-state index in [2.05, 4.69) is 149 Å². The molecule has 0 atom stereocenters. The van der Waals surface area contributed by atoms with Gasteiger partial charge in [0.2, 0.25) is 0 Å². The second-order valence-electron chi connectivity index (χ2n) is 11.0. The Bertz CT molecular complexity index is 2200. The first-order valence-corrected chi connectivity index (χ1v) is 15.8. The molecule has 8 aromatic rings. The standard InChI is InChI=1S/C41H28N2OS/c44-27-40-41-36-24-22-34(43(31-17-9-3-10-18-31)32-19-11-4-12-20-32)26-38(36)37-25-33(21-23-35(37)39(41)28-45-40)42(29-13-5-1-6-14-29)30-15-7-2-8-16-30/h1-28H. The van der Waals surface area contributed by atoms with E-state index in [1.807, 2.05) is 24.3 Å². The van der Waals surface area contributed by atoms with Crippen LogP contribution in [0.2, 0.25) is 0 Å². The van der Waals surface area contributed by atoms with Crippen LogP contribution in [0.5, 0.6) is 0 Å². The Morgan fingerprint density at radius 3 is 1.22 bits per heavy atom. The lowest BCUT2D eigenvalue weighted by atomic mass is 9.94. The maximum Gasteiger partial charge on any atom is 0.160 e. The minimum Gasteiger partial charge on any atom is -0.310 e. The number of anilines is 6. The molecule has 0 unspecified atom stereocenters. The molecule has 7 aromatic carbocycles. The topological polar surface area (TPSA) is 23.6 Å². The molecule has 0 fully saturated rings. The lowest BCUT2D eigenvalue weighted by Gasteiger charge is -2.27. The van der Waals surface area contributed by atoms with E-state index in [1.54, 1.807) is 0 Å². The first-order valence-electron chi connectivity index (χ1n) is 15.0. The Morgan fingerprint density at radius 1 is 0.400 bits per heavy atom. The monoisotopic (exact) mass is 596 g/mol. The van der Waals surface area contributed by atoms with Gasteiger partial charge >= 0.3 is 0 Å². The molecule has 0 N–H and O–H groups in total. The van der Waals surface area contributed by atoms with E-state index in [1.165, 1.54) is 11.3 Å². The molecule has 0 bridgehead atoms. The van der Waals surface area contributed by atoms with Gasteiger partial charge in [-0.05, 0) is 99.7 Å². The van der Waals surface area contributed by atoms with Gasteiger partial charge in [-0.2, -0.15) is 0 Å². The number of hydrogen-bond acceptors (Lipinski definition) is 4. The van der Waals surface area contributed by atoms with Gasteiger partial charge in [0.25, 0.3) is 0 Å². The van der Waals surface area contributed by atoms with Gasteiger partial charge in [0.05, 0.1) is 4.88 Å². The van der Waals surface area contributed by atoms with Crippen LogP contribution in [0, 0.1) is 0 Å². The van der Waals surface area contributed by atoms with Crippen molar-refractivity contribution < 1.29 is 4.79 Å². The second-order valence-corrected chi connectivity index (χ2v) is 11.9. The van der Waals surface area contributed by atoms with Crippen molar-refractivity contribution in [1.82, 2.24) is 0 Å². The zero-order valence-corrected chi connectivity index (χ0v) is 25.2. The van der Waals surface area contributed by atoms with Gasteiger partial charge in [-0.25, -0.2) is 0 Å². The van der Waals surface area contributed by atoms with E-state index in [9.17, 15) is 4.79 Å². The Hall–Kier alpha value is -5.71. The van der Waals surface area contributed by atoms with Crippen LogP contribution in [0.1, 0.15) is 9.67 Å². The van der Waals surface area contributed by atoms with Gasteiger partial charge in [-0.1, -0.05) is 84.9 Å². The molecule has 3 nitrogen and oxygen atoms in total. The fourth-order valence-corrected chi connectivity index (χ4v) is 7.26. The van der Waals surface area contributed by atoms with Gasteiger partial charge in [0.1, 0.15) is 0 Å². The van der Waals surface area contributed by atoms with E-state index >= 15 is 0 Å². The van der Waals surface area contributed by atoms with Crippen molar-refractivity contribution >= 4 is 84.1 Å². The number of thiophene rings is 1. The van der Waals surface area contributed by atoms with Crippen LogP contribution in [0.25, 0.3) is 32.3 Å². The summed E-state index contributed by atoms with van der Waals surface area (Å²) in [5, 5.41) is 8.72. The lowest BCUT2D eigenvalue weighted by Crippen LogP contribution is -2.10. The highest BCUT2D eigenvalue weighted by Crippen LogP contribution is 2.45. The average molecular weight is 597 g/mol. The summed E-state index contributed by atoms with van der Waals surface area (Å²) in [6.45, 7) is 0. The predicted molar refractivity (Wildman–Crippen MR) is 192 cm³/mol. The Morgan fingerprint density at radius 2 is 0.800 bits per heavy atom. The summed E-state index contributed by atoms with van der Waals surface area (Å²) in [4.78, 5) is 17.6. The average Bonchev–Trinajstić information content (AvgIpc) is 3.55. The highest BCUT2D eigenvalue weighted by Gasteiger charge is 2.19. The Kier molecular flexibility index (Phi) is 6.82. The van der Waals surface area contributed by atoms with Crippen LogP contribution >= 0.6 is 11.3 Å². The molecule has 1 aromatic heterocycles. The molecule has 0 spiro atoms. The minimum atomic E-state index is 0.756. The Labute approximate surface area is 265 Å². The molecule has 4 heteroatoms. The highest BCUT2D eigenvalue weighted by atomic mass is 32.1. The van der Waals surface area contributed by atoms with Crippen molar-refractivity contribution in [1.29, 1.82) is 0 Å². The maximum absolute atomic E-state index is 12.3. The van der Waals surface area contributed by atoms with E-state index in [0.29, 0.717) is 0 Å². The fraction of sp³-hybridized carbons (Fsp3) is 0. The number of benzene rings is 7. The van der Waals surface area contributed by atoms with Gasteiger partial charge in [0, 0.05) is 44.9 Å². The zero-order chi connectivity index (χ0) is 30.2. The molecule has 0 radical (unpaired) electrons. The Balaban J connectivity index is 1.43. The molecule has 1 heterocycles. The molecule has 0 saturated carbocycles. The zero-order valence-electron chi connectivity index (χ0n) is 24.4. The van der Waals surface area contributed by atoms with Gasteiger partial charge in [-0.15, -0.1) is 11.3 Å². The van der Waals surface area contributed by atoms with Gasteiger partial charge in [-0.3, -0.25) is 4.79 Å². The largest absolute Gasteiger partial charge is 0.310 e. The van der Waals surface area contributed by atoms with Crippen LogP contribution in [0.4, 0.5) is 34.1 Å². The third-order valence-electron chi connectivity index (χ3n) is 8.36. The minimum absolute atomic E-state index is 0.756. The number of aldehydes is 1. The molecule has 0 aliphatic carbocycles. The smallest absolute Gasteiger partial charge is 0.160 e. The number of carbonyl (C=O) groups excluding carboxylic acids is 1. The summed E-state index contributed by atoms with van der Waals surface area (Å²) in [5.41, 5.74) is 6.46. The summed E-state index contributed by atoms with van der Waals surface area (Å²) in [6, 6.07) is 55.2. The molecule has 0 aliphatic rings. The number of fused-ring (bicyclic) bond motifs is 6. The molecule has 0 aliphatic heterocycles. The van der Waals surface area contributed by atoms with E-state index < -0.39 is 0 Å². The maximum atomic E-state index is 12.3. The second kappa shape index (κ2) is 11.4. The van der Waals surface area contributed by atoms with Crippen molar-refractivity contribution in [2.24, 2.45) is 0 Å². The third kappa shape index (κ3) is 4.73. The van der Waals surface area contributed by atoms with Crippen molar-refractivity contribution in [2.45, 2.75) is 0 Å². The molecule has 0 saturated heterocycles. The van der Waals surface area contributed by atoms with E-state index in [-0.39, 0.29) is 0 Å². The summed E-state index contributed by atoms with van der Waals surface area (Å²) in [5.74, 6) is 0. The van der Waals surface area contributed by atoms with Crippen molar-refractivity contribution in [3.63, 3.8) is 0 Å². The molecule has 45 heavy (non-hydrogen) atoms. The predicted octanol–water partition coefficient (Wildman–Crippen LogP) is 12.0.